The van der Waals surface area contributed by atoms with E-state index in [1.807, 2.05) is 24.5 Å². The molecule has 2 aromatic rings. The van der Waals surface area contributed by atoms with Gasteiger partial charge < -0.3 is 0 Å². The number of nitriles is 1. The van der Waals surface area contributed by atoms with Crippen molar-refractivity contribution in [3.63, 3.8) is 0 Å². The van der Waals surface area contributed by atoms with E-state index < -0.39 is 10.0 Å². The van der Waals surface area contributed by atoms with E-state index in [0.717, 1.165) is 47.0 Å². The van der Waals surface area contributed by atoms with E-state index in [-0.39, 0.29) is 0 Å². The highest BCUT2D eigenvalue weighted by Gasteiger charge is 2.19. The molecule has 3 rings (SSSR count). The van der Waals surface area contributed by atoms with Crippen molar-refractivity contribution in [1.82, 2.24) is 0 Å². The van der Waals surface area contributed by atoms with Crippen molar-refractivity contribution in [1.29, 1.82) is 5.26 Å². The summed E-state index contributed by atoms with van der Waals surface area (Å²) in [6, 6.07) is 10.7. The van der Waals surface area contributed by atoms with Crippen LogP contribution in [0.3, 0.4) is 0 Å². The zero-order chi connectivity index (χ0) is 17.2. The summed E-state index contributed by atoms with van der Waals surface area (Å²) < 4.78 is 28.1. The Morgan fingerprint density at radius 1 is 1.17 bits per heavy atom. The molecule has 6 heteroatoms. The van der Waals surface area contributed by atoms with E-state index in [1.165, 1.54) is 5.56 Å². The highest BCUT2D eigenvalue weighted by atomic mass is 32.2. The molecular formula is C18H18N2O2S2. The molecule has 124 valence electrons. The van der Waals surface area contributed by atoms with E-state index in [4.69, 9.17) is 5.26 Å². The minimum Gasteiger partial charge on any atom is -0.279 e. The minimum absolute atomic E-state index is 0.306. The summed E-state index contributed by atoms with van der Waals surface area (Å²) in [5.74, 6) is 0. The molecule has 2 aromatic carbocycles. The summed E-state index contributed by atoms with van der Waals surface area (Å²) in [4.78, 5) is 1.12. The summed E-state index contributed by atoms with van der Waals surface area (Å²) in [7, 11) is -3.61. The van der Waals surface area contributed by atoms with Gasteiger partial charge in [0.25, 0.3) is 10.0 Å². The third kappa shape index (κ3) is 3.42. The molecule has 0 aliphatic heterocycles. The fourth-order valence-corrected chi connectivity index (χ4v) is 4.59. The molecule has 1 aliphatic rings. The summed E-state index contributed by atoms with van der Waals surface area (Å²) >= 11 is 1.07. The van der Waals surface area contributed by atoms with Crippen molar-refractivity contribution in [2.45, 2.75) is 42.4 Å². The molecule has 0 spiro atoms. The van der Waals surface area contributed by atoms with Crippen LogP contribution in [-0.2, 0) is 29.3 Å². The van der Waals surface area contributed by atoms with E-state index in [2.05, 4.69) is 4.72 Å². The standard InChI is InChI=1S/C18H18N2O2S2/c1-2-13-10-16(23-12-19)7-9-18(13)20-24(21,22)17-8-6-14-4-3-5-15(14)11-17/h6-11,20H,2-5H2,1H3. The molecule has 0 radical (unpaired) electrons. The first kappa shape index (κ1) is 16.9. The molecule has 1 N–H and O–H groups in total. The van der Waals surface area contributed by atoms with Crippen molar-refractivity contribution >= 4 is 27.5 Å². The van der Waals surface area contributed by atoms with Crippen LogP contribution in [-0.4, -0.2) is 8.42 Å². The number of nitrogens with one attached hydrogen (secondary N) is 1. The second-order valence-corrected chi connectivity index (χ2v) is 8.30. The highest BCUT2D eigenvalue weighted by molar-refractivity contribution is 8.03. The van der Waals surface area contributed by atoms with Crippen LogP contribution < -0.4 is 4.72 Å². The number of benzene rings is 2. The summed E-state index contributed by atoms with van der Waals surface area (Å²) in [5, 5.41) is 10.8. The van der Waals surface area contributed by atoms with E-state index in [9.17, 15) is 8.42 Å². The lowest BCUT2D eigenvalue weighted by atomic mass is 10.1. The molecule has 0 amide bonds. The highest BCUT2D eigenvalue weighted by Crippen LogP contribution is 2.28. The average Bonchev–Trinajstić information content (AvgIpc) is 3.04. The zero-order valence-corrected chi connectivity index (χ0v) is 15.0. The molecular weight excluding hydrogens is 340 g/mol. The van der Waals surface area contributed by atoms with Crippen molar-refractivity contribution in [3.05, 3.63) is 53.1 Å². The number of hydrogen-bond acceptors (Lipinski definition) is 4. The smallest absolute Gasteiger partial charge is 0.261 e. The number of thioether (sulfide) groups is 1. The van der Waals surface area contributed by atoms with Gasteiger partial charge in [0.1, 0.15) is 5.40 Å². The molecule has 1 aliphatic carbocycles. The summed E-state index contributed by atoms with van der Waals surface area (Å²) in [5.41, 5.74) is 3.83. The second kappa shape index (κ2) is 6.88. The maximum atomic E-state index is 12.7. The lowest BCUT2D eigenvalue weighted by molar-refractivity contribution is 0.601. The first-order valence-electron chi connectivity index (χ1n) is 7.87. The Kier molecular flexibility index (Phi) is 4.83. The van der Waals surface area contributed by atoms with Gasteiger partial charge in [0.2, 0.25) is 0 Å². The molecule has 0 bridgehead atoms. The minimum atomic E-state index is -3.61. The van der Waals surface area contributed by atoms with Crippen molar-refractivity contribution in [2.75, 3.05) is 4.72 Å². The first-order valence-corrected chi connectivity index (χ1v) is 10.2. The van der Waals surface area contributed by atoms with Gasteiger partial charge in [0.15, 0.2) is 0 Å². The maximum Gasteiger partial charge on any atom is 0.261 e. The number of aryl methyl sites for hydroxylation is 3. The van der Waals surface area contributed by atoms with Gasteiger partial charge in [-0.1, -0.05) is 13.0 Å². The van der Waals surface area contributed by atoms with Gasteiger partial charge in [-0.05, 0) is 84.5 Å². The van der Waals surface area contributed by atoms with Gasteiger partial charge >= 0.3 is 0 Å². The van der Waals surface area contributed by atoms with Crippen LogP contribution in [0.15, 0.2) is 46.2 Å². The molecule has 0 fully saturated rings. The van der Waals surface area contributed by atoms with Gasteiger partial charge in [-0.25, -0.2) is 8.42 Å². The monoisotopic (exact) mass is 358 g/mol. The van der Waals surface area contributed by atoms with Gasteiger partial charge in [-0.15, -0.1) is 0 Å². The van der Waals surface area contributed by atoms with Crippen molar-refractivity contribution in [2.24, 2.45) is 0 Å². The largest absolute Gasteiger partial charge is 0.279 e. The number of hydrogen-bond donors (Lipinski definition) is 1. The molecule has 0 heterocycles. The molecule has 4 nitrogen and oxygen atoms in total. The number of thiocyanates is 1. The second-order valence-electron chi connectivity index (χ2n) is 5.76. The van der Waals surface area contributed by atoms with Crippen LogP contribution in [0.4, 0.5) is 5.69 Å². The van der Waals surface area contributed by atoms with Crippen molar-refractivity contribution < 1.29 is 8.42 Å². The predicted octanol–water partition coefficient (Wildman–Crippen LogP) is 4.11. The number of fused-ring (bicyclic) bond motifs is 1. The zero-order valence-electron chi connectivity index (χ0n) is 13.4. The first-order chi connectivity index (χ1) is 11.5. The molecule has 0 saturated heterocycles. The Morgan fingerprint density at radius 3 is 2.71 bits per heavy atom. The van der Waals surface area contributed by atoms with Crippen molar-refractivity contribution in [3.8, 4) is 5.40 Å². The van der Waals surface area contributed by atoms with Gasteiger partial charge in [0.05, 0.1) is 10.6 Å². The Bertz CT molecular complexity index is 915. The van der Waals surface area contributed by atoms with E-state index >= 15 is 0 Å². The third-order valence-electron chi connectivity index (χ3n) is 4.25. The summed E-state index contributed by atoms with van der Waals surface area (Å²) in [6.45, 7) is 1.96. The predicted molar refractivity (Wildman–Crippen MR) is 96.6 cm³/mol. The number of sulfonamides is 1. The van der Waals surface area contributed by atoms with Gasteiger partial charge in [0, 0.05) is 4.90 Å². The Hall–Kier alpha value is -1.97. The van der Waals surface area contributed by atoms with Crippen LogP contribution in [0.25, 0.3) is 0 Å². The molecule has 24 heavy (non-hydrogen) atoms. The number of rotatable bonds is 5. The lowest BCUT2D eigenvalue weighted by Gasteiger charge is -2.13. The lowest BCUT2D eigenvalue weighted by Crippen LogP contribution is -2.14. The maximum absolute atomic E-state index is 12.7. The van der Waals surface area contributed by atoms with Crippen LogP contribution in [0, 0.1) is 10.7 Å². The quantitative estimate of drug-likeness (QED) is 0.645. The van der Waals surface area contributed by atoms with E-state index in [0.29, 0.717) is 17.0 Å². The van der Waals surface area contributed by atoms with E-state index in [1.54, 1.807) is 24.3 Å². The van der Waals surface area contributed by atoms with Crippen LogP contribution in [0.2, 0.25) is 0 Å². The topological polar surface area (TPSA) is 70.0 Å². The Balaban J connectivity index is 1.91. The Labute approximate surface area is 146 Å². The van der Waals surface area contributed by atoms with Gasteiger partial charge in [-0.2, -0.15) is 5.26 Å². The fraction of sp³-hybridized carbons (Fsp3) is 0.278. The number of nitrogens with zero attached hydrogens (tertiary/aromatic N) is 1. The van der Waals surface area contributed by atoms with Crippen LogP contribution >= 0.6 is 11.8 Å². The normalized spacial score (nSPS) is 13.3. The van der Waals surface area contributed by atoms with Crippen LogP contribution in [0.1, 0.15) is 30.0 Å². The number of anilines is 1. The molecule has 0 atom stereocenters. The molecule has 0 saturated carbocycles. The molecule has 0 aromatic heterocycles. The van der Waals surface area contributed by atoms with Gasteiger partial charge in [-0.3, -0.25) is 4.72 Å². The average molecular weight is 358 g/mol. The third-order valence-corrected chi connectivity index (χ3v) is 6.19. The molecule has 0 unspecified atom stereocenters. The summed E-state index contributed by atoms with van der Waals surface area (Å²) in [6.07, 6.45) is 3.74. The Morgan fingerprint density at radius 2 is 1.96 bits per heavy atom. The van der Waals surface area contributed by atoms with Crippen LogP contribution in [0.5, 0.6) is 0 Å². The SMILES string of the molecule is CCc1cc(SC#N)ccc1NS(=O)(=O)c1ccc2c(c1)CCC2. The fourth-order valence-electron chi connectivity index (χ4n) is 3.00.